The number of ether oxygens (including phenoxy) is 1. The molecule has 0 N–H and O–H groups in total. The van der Waals surface area contributed by atoms with Crippen molar-refractivity contribution in [1.29, 1.82) is 0 Å². The van der Waals surface area contributed by atoms with E-state index in [4.69, 9.17) is 4.74 Å². The summed E-state index contributed by atoms with van der Waals surface area (Å²) in [5.74, 6) is 1.11. The lowest BCUT2D eigenvalue weighted by atomic mass is 10.0. The molecule has 5 nitrogen and oxygen atoms in total. The zero-order valence-corrected chi connectivity index (χ0v) is 19.7. The number of hydrogen-bond donors (Lipinski definition) is 0. The molecule has 174 valence electrons. The zero-order chi connectivity index (χ0) is 24.4. The van der Waals surface area contributed by atoms with Gasteiger partial charge in [0.05, 0.1) is 12.2 Å². The third kappa shape index (κ3) is 4.28. The molecule has 35 heavy (non-hydrogen) atoms. The summed E-state index contributed by atoms with van der Waals surface area (Å²) in [6, 6.07) is 34.3. The Morgan fingerprint density at radius 1 is 0.686 bits per heavy atom. The number of amides is 3. The van der Waals surface area contributed by atoms with Crippen molar-refractivity contribution in [3.05, 3.63) is 115 Å². The van der Waals surface area contributed by atoms with Gasteiger partial charge in [0, 0.05) is 5.56 Å². The molecule has 5 rings (SSSR count). The van der Waals surface area contributed by atoms with E-state index in [9.17, 15) is 9.59 Å². The van der Waals surface area contributed by atoms with Crippen LogP contribution in [0, 0.1) is 0 Å². The predicted octanol–water partition coefficient (Wildman–Crippen LogP) is 6.89. The van der Waals surface area contributed by atoms with Gasteiger partial charge in [-0.1, -0.05) is 78.9 Å². The van der Waals surface area contributed by atoms with Gasteiger partial charge in [-0.3, -0.25) is 4.79 Å². The summed E-state index contributed by atoms with van der Waals surface area (Å²) in [5.41, 5.74) is 2.48. The second-order valence-corrected chi connectivity index (χ2v) is 9.00. The van der Waals surface area contributed by atoms with Crippen LogP contribution in [-0.2, 0) is 11.3 Å². The van der Waals surface area contributed by atoms with Gasteiger partial charge in [0.25, 0.3) is 5.91 Å². The second kappa shape index (κ2) is 9.11. The van der Waals surface area contributed by atoms with E-state index in [1.54, 1.807) is 18.7 Å². The highest BCUT2D eigenvalue weighted by Gasteiger charge is 2.51. The molecule has 0 saturated carbocycles. The lowest BCUT2D eigenvalue weighted by molar-refractivity contribution is -0.123. The SMILES string of the molecule is CC1(C)C(=O)N(c2ccc(-c3ccccc3)cc2)C(=O)N1Cc1ccccc1Oc1ccccc1. The van der Waals surface area contributed by atoms with Crippen LogP contribution in [0.15, 0.2) is 109 Å². The molecule has 0 atom stereocenters. The van der Waals surface area contributed by atoms with Crippen LogP contribution in [0.1, 0.15) is 19.4 Å². The second-order valence-electron chi connectivity index (χ2n) is 9.00. The fourth-order valence-electron chi connectivity index (χ4n) is 4.28. The Balaban J connectivity index is 1.41. The average Bonchev–Trinajstić information content (AvgIpc) is 3.05. The smallest absolute Gasteiger partial charge is 0.332 e. The monoisotopic (exact) mass is 462 g/mol. The summed E-state index contributed by atoms with van der Waals surface area (Å²) < 4.78 is 6.08. The zero-order valence-electron chi connectivity index (χ0n) is 19.7. The van der Waals surface area contributed by atoms with Crippen molar-refractivity contribution in [2.45, 2.75) is 25.9 Å². The Bertz CT molecular complexity index is 1350. The largest absolute Gasteiger partial charge is 0.457 e. The van der Waals surface area contributed by atoms with Crippen molar-refractivity contribution in [1.82, 2.24) is 4.90 Å². The fourth-order valence-corrected chi connectivity index (χ4v) is 4.28. The lowest BCUT2D eigenvalue weighted by Gasteiger charge is -2.28. The lowest BCUT2D eigenvalue weighted by Crippen LogP contribution is -2.43. The topological polar surface area (TPSA) is 49.9 Å². The number of benzene rings is 4. The molecule has 0 aromatic heterocycles. The average molecular weight is 463 g/mol. The number of rotatable bonds is 6. The molecule has 1 aliphatic heterocycles. The molecule has 3 amide bonds. The van der Waals surface area contributed by atoms with E-state index in [2.05, 4.69) is 0 Å². The predicted molar refractivity (Wildman–Crippen MR) is 137 cm³/mol. The van der Waals surface area contributed by atoms with Crippen LogP contribution >= 0.6 is 0 Å². The summed E-state index contributed by atoms with van der Waals surface area (Å²) in [6.07, 6.45) is 0. The highest BCUT2D eigenvalue weighted by molar-refractivity contribution is 6.23. The maximum absolute atomic E-state index is 13.6. The molecule has 1 heterocycles. The fraction of sp³-hybridized carbons (Fsp3) is 0.133. The molecule has 1 saturated heterocycles. The van der Waals surface area contributed by atoms with Crippen LogP contribution in [0.2, 0.25) is 0 Å². The van der Waals surface area contributed by atoms with E-state index in [1.165, 1.54) is 4.90 Å². The third-order valence-electron chi connectivity index (χ3n) is 6.33. The van der Waals surface area contributed by atoms with Gasteiger partial charge in [0.2, 0.25) is 0 Å². The molecule has 0 radical (unpaired) electrons. The number of anilines is 1. The minimum atomic E-state index is -1.00. The van der Waals surface area contributed by atoms with Gasteiger partial charge in [0.1, 0.15) is 17.0 Å². The minimum Gasteiger partial charge on any atom is -0.457 e. The van der Waals surface area contributed by atoms with Crippen LogP contribution in [0.3, 0.4) is 0 Å². The Kier molecular flexibility index (Phi) is 5.83. The highest BCUT2D eigenvalue weighted by Crippen LogP contribution is 2.36. The van der Waals surface area contributed by atoms with E-state index in [1.807, 2.05) is 109 Å². The van der Waals surface area contributed by atoms with E-state index < -0.39 is 5.54 Å². The molecule has 4 aromatic rings. The summed E-state index contributed by atoms with van der Waals surface area (Å²) >= 11 is 0. The number of hydrogen-bond acceptors (Lipinski definition) is 3. The summed E-state index contributed by atoms with van der Waals surface area (Å²) in [4.78, 5) is 29.8. The van der Waals surface area contributed by atoms with Gasteiger partial charge < -0.3 is 9.64 Å². The number of para-hydroxylation sites is 2. The maximum atomic E-state index is 13.6. The van der Waals surface area contributed by atoms with Crippen molar-refractivity contribution < 1.29 is 14.3 Å². The molecular formula is C30H26N2O3. The molecule has 0 aliphatic carbocycles. The minimum absolute atomic E-state index is 0.249. The molecule has 1 aliphatic rings. The summed E-state index contributed by atoms with van der Waals surface area (Å²) in [5, 5.41) is 0. The van der Waals surface area contributed by atoms with E-state index in [-0.39, 0.29) is 18.5 Å². The Morgan fingerprint density at radius 3 is 1.94 bits per heavy atom. The quantitative estimate of drug-likeness (QED) is 0.293. The van der Waals surface area contributed by atoms with E-state index in [0.29, 0.717) is 17.2 Å². The number of urea groups is 1. The highest BCUT2D eigenvalue weighted by atomic mass is 16.5. The Labute approximate surface area is 205 Å². The van der Waals surface area contributed by atoms with Crippen molar-refractivity contribution in [2.75, 3.05) is 4.90 Å². The van der Waals surface area contributed by atoms with Gasteiger partial charge >= 0.3 is 6.03 Å². The van der Waals surface area contributed by atoms with Gasteiger partial charge in [-0.25, -0.2) is 9.69 Å². The summed E-state index contributed by atoms with van der Waals surface area (Å²) in [7, 11) is 0. The summed E-state index contributed by atoms with van der Waals surface area (Å²) in [6.45, 7) is 3.82. The standard InChI is InChI=1S/C30H26N2O3/c1-30(2)28(33)32(25-19-17-23(18-20-25)22-11-5-3-6-12-22)29(34)31(30)21-24-13-9-10-16-27(24)35-26-14-7-4-8-15-26/h3-20H,21H2,1-2H3. The molecule has 0 spiro atoms. The normalized spacial score (nSPS) is 14.9. The number of carbonyl (C=O) groups excluding carboxylic acids is 2. The Morgan fingerprint density at radius 2 is 1.26 bits per heavy atom. The van der Waals surface area contributed by atoms with E-state index >= 15 is 0 Å². The molecule has 4 aromatic carbocycles. The third-order valence-corrected chi connectivity index (χ3v) is 6.33. The van der Waals surface area contributed by atoms with Crippen LogP contribution in [0.4, 0.5) is 10.5 Å². The number of imide groups is 1. The van der Waals surface area contributed by atoms with E-state index in [0.717, 1.165) is 16.7 Å². The molecule has 5 heteroatoms. The first-order chi connectivity index (χ1) is 16.9. The van der Waals surface area contributed by atoms with Crippen LogP contribution < -0.4 is 9.64 Å². The van der Waals surface area contributed by atoms with Crippen LogP contribution in [0.25, 0.3) is 11.1 Å². The van der Waals surface area contributed by atoms with Gasteiger partial charge in [0.15, 0.2) is 0 Å². The first-order valence-corrected chi connectivity index (χ1v) is 11.6. The molecule has 1 fully saturated rings. The van der Waals surface area contributed by atoms with Gasteiger partial charge in [-0.15, -0.1) is 0 Å². The number of carbonyl (C=O) groups is 2. The van der Waals surface area contributed by atoms with Crippen molar-refractivity contribution in [3.8, 4) is 22.6 Å². The maximum Gasteiger partial charge on any atom is 0.332 e. The van der Waals surface area contributed by atoms with Crippen molar-refractivity contribution >= 4 is 17.6 Å². The number of nitrogens with zero attached hydrogens (tertiary/aromatic N) is 2. The molecule has 0 unspecified atom stereocenters. The first-order valence-electron chi connectivity index (χ1n) is 11.6. The molecule has 0 bridgehead atoms. The molecular weight excluding hydrogens is 436 g/mol. The Hall–Kier alpha value is -4.38. The van der Waals surface area contributed by atoms with Gasteiger partial charge in [-0.05, 0) is 55.3 Å². The van der Waals surface area contributed by atoms with Crippen molar-refractivity contribution in [3.63, 3.8) is 0 Å². The van der Waals surface area contributed by atoms with Crippen LogP contribution in [0.5, 0.6) is 11.5 Å². The van der Waals surface area contributed by atoms with Crippen LogP contribution in [-0.4, -0.2) is 22.4 Å². The first kappa shape index (κ1) is 22.4. The van der Waals surface area contributed by atoms with Gasteiger partial charge in [-0.2, -0.15) is 0 Å². The van der Waals surface area contributed by atoms with Crippen molar-refractivity contribution in [2.24, 2.45) is 0 Å².